The highest BCUT2D eigenvalue weighted by atomic mass is 35.5. The first-order chi connectivity index (χ1) is 10.7. The number of aryl methyl sites for hydroxylation is 1. The maximum atomic E-state index is 6.19. The van der Waals surface area contributed by atoms with Gasteiger partial charge in [0.05, 0.1) is 31.5 Å². The molecule has 0 aliphatic rings. The lowest BCUT2D eigenvalue weighted by atomic mass is 10.1. The fourth-order valence-corrected chi connectivity index (χ4v) is 2.80. The van der Waals surface area contributed by atoms with Gasteiger partial charge in [0, 0.05) is 11.8 Å². The van der Waals surface area contributed by atoms with E-state index in [9.17, 15) is 0 Å². The van der Waals surface area contributed by atoms with Gasteiger partial charge in [-0.15, -0.1) is 11.6 Å². The van der Waals surface area contributed by atoms with Gasteiger partial charge in [0.1, 0.15) is 17.1 Å². The van der Waals surface area contributed by atoms with Crippen LogP contribution in [0.15, 0.2) is 36.5 Å². The summed E-state index contributed by atoms with van der Waals surface area (Å²) in [5.74, 6) is 1.86. The lowest BCUT2D eigenvalue weighted by Crippen LogP contribution is -1.94. The van der Waals surface area contributed by atoms with E-state index >= 15 is 0 Å². The van der Waals surface area contributed by atoms with E-state index in [1.807, 2.05) is 47.9 Å². The van der Waals surface area contributed by atoms with Gasteiger partial charge in [-0.1, -0.05) is 6.07 Å². The molecule has 0 fully saturated rings. The fourth-order valence-electron chi connectivity index (χ4n) is 2.54. The van der Waals surface area contributed by atoms with Crippen LogP contribution in [-0.2, 0) is 5.88 Å². The molecule has 0 saturated carbocycles. The Labute approximate surface area is 134 Å². The Kier molecular flexibility index (Phi) is 3.94. The molecule has 5 heteroatoms. The van der Waals surface area contributed by atoms with Gasteiger partial charge in [-0.05, 0) is 36.8 Å². The van der Waals surface area contributed by atoms with Crippen LogP contribution < -0.4 is 9.47 Å². The summed E-state index contributed by atoms with van der Waals surface area (Å²) < 4.78 is 12.8. The Morgan fingerprint density at radius 1 is 1.14 bits per heavy atom. The summed E-state index contributed by atoms with van der Waals surface area (Å²) in [6.07, 6.45) is 2.04. The lowest BCUT2D eigenvalue weighted by molar-refractivity contribution is 0.404. The van der Waals surface area contributed by atoms with E-state index in [2.05, 4.69) is 0 Å². The number of hydrogen-bond acceptors (Lipinski definition) is 3. The molecule has 0 amide bonds. The van der Waals surface area contributed by atoms with Gasteiger partial charge in [0.2, 0.25) is 0 Å². The maximum absolute atomic E-state index is 6.19. The van der Waals surface area contributed by atoms with Crippen LogP contribution in [0.5, 0.6) is 11.5 Å². The van der Waals surface area contributed by atoms with Crippen LogP contribution in [0.1, 0.15) is 11.3 Å². The van der Waals surface area contributed by atoms with Crippen molar-refractivity contribution in [2.24, 2.45) is 0 Å². The quantitative estimate of drug-likeness (QED) is 0.681. The van der Waals surface area contributed by atoms with Gasteiger partial charge >= 0.3 is 0 Å². The average Bonchev–Trinajstić information content (AvgIpc) is 2.91. The molecular formula is C17H17ClN2O2. The minimum absolute atomic E-state index is 0.361. The summed E-state index contributed by atoms with van der Waals surface area (Å²) in [4.78, 5) is 4.72. The molecule has 0 unspecified atom stereocenters. The topological polar surface area (TPSA) is 35.8 Å². The number of ether oxygens (including phenoxy) is 2. The number of benzene rings is 1. The van der Waals surface area contributed by atoms with Crippen LogP contribution in [0.3, 0.4) is 0 Å². The number of hydrogen-bond donors (Lipinski definition) is 0. The first-order valence-electron chi connectivity index (χ1n) is 6.94. The number of alkyl halides is 1. The predicted octanol–water partition coefficient (Wildman–Crippen LogP) is 4.07. The molecule has 0 N–H and O–H groups in total. The Morgan fingerprint density at radius 3 is 2.64 bits per heavy atom. The van der Waals surface area contributed by atoms with Crippen molar-refractivity contribution in [2.45, 2.75) is 12.8 Å². The van der Waals surface area contributed by atoms with Gasteiger partial charge in [-0.2, -0.15) is 0 Å². The van der Waals surface area contributed by atoms with Crippen molar-refractivity contribution in [3.05, 3.63) is 47.8 Å². The van der Waals surface area contributed by atoms with Gasteiger partial charge in [-0.25, -0.2) is 4.98 Å². The lowest BCUT2D eigenvalue weighted by Gasteiger charge is -2.10. The first-order valence-corrected chi connectivity index (χ1v) is 7.47. The van der Waals surface area contributed by atoms with E-state index in [0.717, 1.165) is 39.7 Å². The highest BCUT2D eigenvalue weighted by Crippen LogP contribution is 2.35. The van der Waals surface area contributed by atoms with Crippen LogP contribution in [0.2, 0.25) is 0 Å². The molecule has 0 atom stereocenters. The van der Waals surface area contributed by atoms with Gasteiger partial charge < -0.3 is 13.9 Å². The standard InChI is InChI=1S/C17H17ClN2O2/c1-11-4-7-16-19-17(14(9-18)20(16)10-11)13-8-12(21-2)5-6-15(13)22-3/h4-8,10H,9H2,1-3H3. The molecule has 0 saturated heterocycles. The molecule has 2 aromatic heterocycles. The van der Waals surface area contributed by atoms with Gasteiger partial charge in [0.15, 0.2) is 0 Å². The Morgan fingerprint density at radius 2 is 1.95 bits per heavy atom. The third kappa shape index (κ3) is 2.40. The van der Waals surface area contributed by atoms with E-state index in [1.165, 1.54) is 0 Å². The third-order valence-corrected chi connectivity index (χ3v) is 3.91. The van der Waals surface area contributed by atoms with Crippen molar-refractivity contribution < 1.29 is 9.47 Å². The van der Waals surface area contributed by atoms with Crippen LogP contribution in [0, 0.1) is 6.92 Å². The maximum Gasteiger partial charge on any atom is 0.137 e. The highest BCUT2D eigenvalue weighted by molar-refractivity contribution is 6.17. The molecule has 114 valence electrons. The molecular weight excluding hydrogens is 300 g/mol. The van der Waals surface area contributed by atoms with Crippen LogP contribution >= 0.6 is 11.6 Å². The number of halogens is 1. The van der Waals surface area contributed by atoms with Crippen molar-refractivity contribution in [2.75, 3.05) is 14.2 Å². The Hall–Kier alpha value is -2.20. The molecule has 3 aromatic rings. The number of aromatic nitrogens is 2. The normalized spacial score (nSPS) is 10.9. The van der Waals surface area contributed by atoms with Crippen molar-refractivity contribution in [1.82, 2.24) is 9.38 Å². The van der Waals surface area contributed by atoms with Crippen LogP contribution in [-0.4, -0.2) is 23.6 Å². The van der Waals surface area contributed by atoms with Gasteiger partial charge in [0.25, 0.3) is 0 Å². The number of fused-ring (bicyclic) bond motifs is 1. The summed E-state index contributed by atoms with van der Waals surface area (Å²) in [6, 6.07) is 9.68. The summed E-state index contributed by atoms with van der Waals surface area (Å²) in [7, 11) is 3.28. The van der Waals surface area contributed by atoms with Crippen LogP contribution in [0.4, 0.5) is 0 Å². The molecule has 4 nitrogen and oxygen atoms in total. The zero-order chi connectivity index (χ0) is 15.7. The monoisotopic (exact) mass is 316 g/mol. The average molecular weight is 317 g/mol. The highest BCUT2D eigenvalue weighted by Gasteiger charge is 2.17. The Balaban J connectivity index is 2.30. The van der Waals surface area contributed by atoms with Gasteiger partial charge in [-0.3, -0.25) is 0 Å². The van der Waals surface area contributed by atoms with E-state index < -0.39 is 0 Å². The molecule has 0 radical (unpaired) electrons. The molecule has 0 aliphatic heterocycles. The molecule has 3 rings (SSSR count). The fraction of sp³-hybridized carbons (Fsp3) is 0.235. The van der Waals surface area contributed by atoms with Crippen molar-refractivity contribution in [1.29, 1.82) is 0 Å². The van der Waals surface area contributed by atoms with E-state index in [4.69, 9.17) is 26.1 Å². The van der Waals surface area contributed by atoms with Crippen molar-refractivity contribution in [3.8, 4) is 22.8 Å². The smallest absolute Gasteiger partial charge is 0.137 e. The van der Waals surface area contributed by atoms with Crippen molar-refractivity contribution >= 4 is 17.2 Å². The summed E-state index contributed by atoms with van der Waals surface area (Å²) in [5, 5.41) is 0. The summed E-state index contributed by atoms with van der Waals surface area (Å²) in [5.41, 5.74) is 4.64. The third-order valence-electron chi connectivity index (χ3n) is 3.65. The zero-order valence-electron chi connectivity index (χ0n) is 12.8. The molecule has 2 heterocycles. The number of imidazole rings is 1. The van der Waals surface area contributed by atoms with Crippen LogP contribution in [0.25, 0.3) is 16.9 Å². The zero-order valence-corrected chi connectivity index (χ0v) is 13.5. The summed E-state index contributed by atoms with van der Waals surface area (Å²) >= 11 is 6.19. The van der Waals surface area contributed by atoms with E-state index in [-0.39, 0.29) is 0 Å². The predicted molar refractivity (Wildman–Crippen MR) is 88.0 cm³/mol. The Bertz CT molecular complexity index is 827. The SMILES string of the molecule is COc1ccc(OC)c(-c2nc3ccc(C)cn3c2CCl)c1. The second-order valence-corrected chi connectivity index (χ2v) is 5.31. The molecule has 22 heavy (non-hydrogen) atoms. The summed E-state index contributed by atoms with van der Waals surface area (Å²) in [6.45, 7) is 2.04. The second kappa shape index (κ2) is 5.89. The molecule has 1 aromatic carbocycles. The largest absolute Gasteiger partial charge is 0.497 e. The minimum atomic E-state index is 0.361. The number of pyridine rings is 1. The van der Waals surface area contributed by atoms with E-state index in [1.54, 1.807) is 14.2 Å². The number of rotatable bonds is 4. The number of methoxy groups -OCH3 is 2. The number of nitrogens with zero attached hydrogens (tertiary/aromatic N) is 2. The first kappa shape index (κ1) is 14.7. The second-order valence-electron chi connectivity index (χ2n) is 5.04. The van der Waals surface area contributed by atoms with E-state index in [0.29, 0.717) is 5.88 Å². The molecule has 0 aliphatic carbocycles. The van der Waals surface area contributed by atoms with Crippen molar-refractivity contribution in [3.63, 3.8) is 0 Å². The molecule has 0 spiro atoms. The minimum Gasteiger partial charge on any atom is -0.497 e. The molecule has 0 bridgehead atoms.